The van der Waals surface area contributed by atoms with Crippen molar-refractivity contribution in [1.82, 2.24) is 10.5 Å². The van der Waals surface area contributed by atoms with Gasteiger partial charge < -0.3 is 25.4 Å². The fourth-order valence-corrected chi connectivity index (χ4v) is 4.94. The van der Waals surface area contributed by atoms with E-state index in [0.29, 0.717) is 0 Å². The van der Waals surface area contributed by atoms with Crippen molar-refractivity contribution in [2.24, 2.45) is 22.7 Å². The third kappa shape index (κ3) is 2.91. The van der Waals surface area contributed by atoms with E-state index in [9.17, 15) is 19.8 Å². The van der Waals surface area contributed by atoms with Crippen LogP contribution in [0.1, 0.15) is 40.0 Å². The summed E-state index contributed by atoms with van der Waals surface area (Å²) in [5, 5.41) is 28.8. The van der Waals surface area contributed by atoms with Crippen molar-refractivity contribution in [2.75, 3.05) is 11.9 Å². The Morgan fingerprint density at radius 3 is 2.69 bits per heavy atom. The van der Waals surface area contributed by atoms with Crippen LogP contribution in [0.25, 0.3) is 0 Å². The zero-order chi connectivity index (χ0) is 19.1. The average Bonchev–Trinajstić information content (AvgIpc) is 3.20. The van der Waals surface area contributed by atoms with E-state index in [1.165, 1.54) is 12.3 Å². The first-order valence-electron chi connectivity index (χ1n) is 9.00. The van der Waals surface area contributed by atoms with Crippen molar-refractivity contribution in [3.8, 4) is 0 Å². The summed E-state index contributed by atoms with van der Waals surface area (Å²) in [7, 11) is 0. The van der Waals surface area contributed by atoms with E-state index < -0.39 is 24.7 Å². The van der Waals surface area contributed by atoms with E-state index in [2.05, 4.69) is 41.1 Å². The van der Waals surface area contributed by atoms with Crippen LogP contribution in [-0.2, 0) is 9.59 Å². The monoisotopic (exact) mass is 365 g/mol. The highest BCUT2D eigenvalue weighted by molar-refractivity contribution is 5.96. The van der Waals surface area contributed by atoms with Gasteiger partial charge in [0.25, 0.3) is 5.91 Å². The molecule has 0 spiro atoms. The maximum atomic E-state index is 12.5. The van der Waals surface area contributed by atoms with Crippen LogP contribution < -0.4 is 10.6 Å². The fourth-order valence-electron chi connectivity index (χ4n) is 4.94. The molecule has 1 heterocycles. The van der Waals surface area contributed by atoms with E-state index >= 15 is 0 Å². The molecule has 8 nitrogen and oxygen atoms in total. The Hall–Kier alpha value is -1.93. The molecule has 2 fully saturated rings. The Bertz CT molecular complexity index is 674. The summed E-state index contributed by atoms with van der Waals surface area (Å²) in [6.07, 6.45) is 2.86. The lowest BCUT2D eigenvalue weighted by Crippen LogP contribution is -2.47. The second-order valence-corrected chi connectivity index (χ2v) is 8.27. The zero-order valence-corrected chi connectivity index (χ0v) is 15.4. The van der Waals surface area contributed by atoms with Gasteiger partial charge in [-0.1, -0.05) is 25.9 Å². The number of aliphatic hydroxyl groups excluding tert-OH is 2. The number of hydrogen-bond donors (Lipinski definition) is 4. The number of carbonyl (C=O) groups excluding carboxylic acids is 2. The molecule has 8 heteroatoms. The quantitative estimate of drug-likeness (QED) is 0.594. The number of fused-ring (bicyclic) bond motifs is 2. The molecule has 2 bridgehead atoms. The van der Waals surface area contributed by atoms with Gasteiger partial charge in [-0.2, -0.15) is 0 Å². The summed E-state index contributed by atoms with van der Waals surface area (Å²) < 4.78 is 4.63. The maximum Gasteiger partial charge on any atom is 0.250 e. The van der Waals surface area contributed by atoms with Crippen molar-refractivity contribution >= 4 is 17.6 Å². The van der Waals surface area contributed by atoms with E-state index in [4.69, 9.17) is 0 Å². The predicted octanol–water partition coefficient (Wildman–Crippen LogP) is 0.913. The molecule has 0 aliphatic heterocycles. The molecule has 4 N–H and O–H groups in total. The second-order valence-electron chi connectivity index (χ2n) is 8.27. The minimum absolute atomic E-state index is 0.0297. The first kappa shape index (κ1) is 18.8. The summed E-state index contributed by atoms with van der Waals surface area (Å²) >= 11 is 0. The molecule has 2 aliphatic carbocycles. The Balaban J connectivity index is 1.60. The summed E-state index contributed by atoms with van der Waals surface area (Å²) in [5.74, 6) is -0.585. The molecule has 4 unspecified atom stereocenters. The molecule has 0 radical (unpaired) electrons. The Kier molecular flexibility index (Phi) is 4.83. The van der Waals surface area contributed by atoms with Gasteiger partial charge in [-0.05, 0) is 35.5 Å². The van der Waals surface area contributed by atoms with Crippen LogP contribution in [0.5, 0.6) is 0 Å². The normalized spacial score (nSPS) is 33.0. The lowest BCUT2D eigenvalue weighted by Gasteiger charge is -2.37. The Morgan fingerprint density at radius 2 is 2.15 bits per heavy atom. The molecular formula is C18H27N3O5. The van der Waals surface area contributed by atoms with Crippen LogP contribution in [-0.4, -0.2) is 45.9 Å². The predicted molar refractivity (Wildman–Crippen MR) is 92.9 cm³/mol. The zero-order valence-electron chi connectivity index (χ0n) is 15.4. The smallest absolute Gasteiger partial charge is 0.250 e. The van der Waals surface area contributed by atoms with Crippen LogP contribution in [0.2, 0.25) is 0 Å². The van der Waals surface area contributed by atoms with Gasteiger partial charge >= 0.3 is 0 Å². The minimum atomic E-state index is -1.08. The number of nitrogens with zero attached hydrogens (tertiary/aromatic N) is 1. The highest BCUT2D eigenvalue weighted by Gasteiger charge is 2.65. The maximum absolute atomic E-state index is 12.5. The van der Waals surface area contributed by atoms with E-state index in [0.717, 1.165) is 12.8 Å². The highest BCUT2D eigenvalue weighted by atomic mass is 16.5. The topological polar surface area (TPSA) is 125 Å². The molecule has 0 aromatic carbocycles. The van der Waals surface area contributed by atoms with Gasteiger partial charge in [0, 0.05) is 12.5 Å². The number of hydrogen-bond acceptors (Lipinski definition) is 6. The summed E-state index contributed by atoms with van der Waals surface area (Å²) in [5.41, 5.74) is -0.221. The summed E-state index contributed by atoms with van der Waals surface area (Å²) in [6, 6.07) is 0.376. The molecule has 26 heavy (non-hydrogen) atoms. The molecule has 2 aliphatic rings. The molecule has 2 amide bonds. The highest BCUT2D eigenvalue weighted by Crippen LogP contribution is 2.68. The van der Waals surface area contributed by atoms with Crippen molar-refractivity contribution in [3.05, 3.63) is 12.3 Å². The van der Waals surface area contributed by atoms with E-state index in [1.807, 2.05) is 0 Å². The SMILES string of the molecule is CC1(C)C2CCC1(C)C(O)C2CC(=O)N[C@@H](CO)C(=O)Nc1ccon1. The van der Waals surface area contributed by atoms with E-state index in [-0.39, 0.29) is 40.8 Å². The molecule has 144 valence electrons. The Morgan fingerprint density at radius 1 is 1.42 bits per heavy atom. The first-order valence-corrected chi connectivity index (χ1v) is 9.00. The van der Waals surface area contributed by atoms with Crippen molar-refractivity contribution in [1.29, 1.82) is 0 Å². The van der Waals surface area contributed by atoms with Gasteiger partial charge in [0.2, 0.25) is 5.91 Å². The van der Waals surface area contributed by atoms with Gasteiger partial charge in [0.05, 0.1) is 12.7 Å². The number of anilines is 1. The summed E-state index contributed by atoms with van der Waals surface area (Å²) in [6.45, 7) is 5.88. The molecule has 5 atom stereocenters. The number of nitrogens with one attached hydrogen (secondary N) is 2. The van der Waals surface area contributed by atoms with Crippen LogP contribution in [0.3, 0.4) is 0 Å². The van der Waals surface area contributed by atoms with Crippen LogP contribution in [0.15, 0.2) is 16.9 Å². The molecule has 3 rings (SSSR count). The van der Waals surface area contributed by atoms with Crippen LogP contribution in [0.4, 0.5) is 5.82 Å². The number of carbonyl (C=O) groups is 2. The molecule has 1 aromatic heterocycles. The van der Waals surface area contributed by atoms with Gasteiger partial charge in [-0.25, -0.2) is 0 Å². The lowest BCUT2D eigenvalue weighted by molar-refractivity contribution is -0.129. The first-order chi connectivity index (χ1) is 12.2. The number of aromatic nitrogens is 1. The number of rotatable bonds is 6. The third-order valence-electron chi connectivity index (χ3n) is 6.89. The average molecular weight is 365 g/mol. The number of aliphatic hydroxyl groups is 2. The molecular weight excluding hydrogens is 338 g/mol. The Labute approximate surface area is 152 Å². The molecule has 1 aromatic rings. The second kappa shape index (κ2) is 6.66. The summed E-state index contributed by atoms with van der Waals surface area (Å²) in [4.78, 5) is 24.6. The van der Waals surface area contributed by atoms with Gasteiger partial charge in [0.15, 0.2) is 5.82 Å². The number of amides is 2. The largest absolute Gasteiger partial charge is 0.394 e. The lowest BCUT2D eigenvalue weighted by atomic mass is 9.70. The third-order valence-corrected chi connectivity index (χ3v) is 6.89. The minimum Gasteiger partial charge on any atom is -0.394 e. The standard InChI is InChI=1S/C18H27N3O5/c1-17(2)11-4-6-18(17,3)15(24)10(11)8-14(23)19-12(9-22)16(25)20-13-5-7-26-21-13/h5,7,10-12,15,22,24H,4,6,8-9H2,1-3H3,(H,19,23)(H,20,21,25)/t10?,11?,12-,15?,18?/m0/s1. The van der Waals surface area contributed by atoms with Crippen molar-refractivity contribution in [2.45, 2.75) is 52.2 Å². The van der Waals surface area contributed by atoms with Crippen molar-refractivity contribution < 1.29 is 24.3 Å². The van der Waals surface area contributed by atoms with Gasteiger partial charge in [-0.3, -0.25) is 9.59 Å². The van der Waals surface area contributed by atoms with Crippen molar-refractivity contribution in [3.63, 3.8) is 0 Å². The molecule has 0 saturated heterocycles. The van der Waals surface area contributed by atoms with Gasteiger partial charge in [-0.15, -0.1) is 0 Å². The van der Waals surface area contributed by atoms with E-state index in [1.54, 1.807) is 0 Å². The van der Waals surface area contributed by atoms with Gasteiger partial charge in [0.1, 0.15) is 12.3 Å². The fraction of sp³-hybridized carbons (Fsp3) is 0.722. The van der Waals surface area contributed by atoms with Crippen LogP contribution >= 0.6 is 0 Å². The van der Waals surface area contributed by atoms with Crippen LogP contribution in [0, 0.1) is 22.7 Å². The molecule has 2 saturated carbocycles.